The quantitative estimate of drug-likeness (QED) is 0.840. The number of thioether (sulfide) groups is 1. The first-order chi connectivity index (χ1) is 8.75. The number of hydrogen-bond donors (Lipinski definition) is 1. The molecule has 1 aliphatic rings. The van der Waals surface area contributed by atoms with Gasteiger partial charge in [0.25, 0.3) is 0 Å². The van der Waals surface area contributed by atoms with E-state index < -0.39 is 0 Å². The summed E-state index contributed by atoms with van der Waals surface area (Å²) in [5.74, 6) is 0. The molecule has 0 radical (unpaired) electrons. The zero-order valence-corrected chi connectivity index (χ0v) is 13.3. The number of halogens is 1. The highest BCUT2D eigenvalue weighted by molar-refractivity contribution is 7.99. The Balaban J connectivity index is 0.00000180. The van der Waals surface area contributed by atoms with Crippen LogP contribution >= 0.6 is 24.2 Å². The molecule has 0 amide bonds. The van der Waals surface area contributed by atoms with Crippen LogP contribution in [0.15, 0.2) is 35.2 Å². The lowest BCUT2D eigenvalue weighted by Gasteiger charge is -2.35. The Morgan fingerprint density at radius 1 is 1.16 bits per heavy atom. The second-order valence-corrected chi connectivity index (χ2v) is 6.45. The van der Waals surface area contributed by atoms with E-state index in [9.17, 15) is 0 Å². The second kappa shape index (κ2) is 8.85. The third kappa shape index (κ3) is 5.74. The van der Waals surface area contributed by atoms with Crippen molar-refractivity contribution in [3.05, 3.63) is 30.3 Å². The van der Waals surface area contributed by atoms with Gasteiger partial charge in [0.05, 0.1) is 5.37 Å². The lowest BCUT2D eigenvalue weighted by molar-refractivity contribution is 0.202. The van der Waals surface area contributed by atoms with Crippen LogP contribution in [0.5, 0.6) is 0 Å². The van der Waals surface area contributed by atoms with Crippen molar-refractivity contribution in [1.82, 2.24) is 4.90 Å². The third-order valence-corrected chi connectivity index (χ3v) is 4.69. The summed E-state index contributed by atoms with van der Waals surface area (Å²) in [4.78, 5) is 3.97. The number of likely N-dealkylation sites (tertiary alicyclic amines) is 1. The van der Waals surface area contributed by atoms with Gasteiger partial charge in [-0.3, -0.25) is 4.90 Å². The van der Waals surface area contributed by atoms with Crippen LogP contribution in [0.1, 0.15) is 32.6 Å². The van der Waals surface area contributed by atoms with Crippen LogP contribution in [-0.4, -0.2) is 29.4 Å². The first-order valence-electron chi connectivity index (χ1n) is 6.97. The number of rotatable bonds is 5. The molecule has 0 saturated carbocycles. The first kappa shape index (κ1) is 16.8. The molecule has 19 heavy (non-hydrogen) atoms. The monoisotopic (exact) mass is 300 g/mol. The van der Waals surface area contributed by atoms with Gasteiger partial charge in [-0.05, 0) is 51.4 Å². The molecule has 1 aromatic carbocycles. The van der Waals surface area contributed by atoms with Gasteiger partial charge in [-0.15, -0.1) is 24.2 Å². The van der Waals surface area contributed by atoms with Gasteiger partial charge in [-0.25, -0.2) is 0 Å². The Morgan fingerprint density at radius 2 is 1.79 bits per heavy atom. The van der Waals surface area contributed by atoms with E-state index in [1.54, 1.807) is 0 Å². The molecule has 2 rings (SSSR count). The van der Waals surface area contributed by atoms with Crippen LogP contribution in [0.4, 0.5) is 0 Å². The van der Waals surface area contributed by atoms with Crippen molar-refractivity contribution < 1.29 is 0 Å². The topological polar surface area (TPSA) is 29.3 Å². The van der Waals surface area contributed by atoms with E-state index in [2.05, 4.69) is 42.2 Å². The lowest BCUT2D eigenvalue weighted by atomic mass is 10.1. The predicted molar refractivity (Wildman–Crippen MR) is 87.0 cm³/mol. The summed E-state index contributed by atoms with van der Waals surface area (Å²) < 4.78 is 0. The van der Waals surface area contributed by atoms with Gasteiger partial charge >= 0.3 is 0 Å². The first-order valence-corrected chi connectivity index (χ1v) is 7.85. The largest absolute Gasteiger partial charge is 0.328 e. The molecule has 0 aromatic heterocycles. The fourth-order valence-electron chi connectivity index (χ4n) is 2.45. The number of piperidine rings is 1. The Labute approximate surface area is 127 Å². The molecule has 2 unspecified atom stereocenters. The normalized spacial score (nSPS) is 19.5. The summed E-state index contributed by atoms with van der Waals surface area (Å²) in [7, 11) is 0. The van der Waals surface area contributed by atoms with E-state index in [-0.39, 0.29) is 18.4 Å². The maximum absolute atomic E-state index is 6.01. The van der Waals surface area contributed by atoms with Crippen LogP contribution in [0.25, 0.3) is 0 Å². The molecule has 4 heteroatoms. The van der Waals surface area contributed by atoms with E-state index >= 15 is 0 Å². The molecule has 1 fully saturated rings. The third-order valence-electron chi connectivity index (χ3n) is 3.39. The van der Waals surface area contributed by atoms with E-state index in [4.69, 9.17) is 5.73 Å². The molecule has 2 N–H and O–H groups in total. The number of nitrogens with zero attached hydrogens (tertiary/aromatic N) is 1. The van der Waals surface area contributed by atoms with Gasteiger partial charge in [-0.1, -0.05) is 24.6 Å². The van der Waals surface area contributed by atoms with Crippen LogP contribution < -0.4 is 5.73 Å². The second-order valence-electron chi connectivity index (χ2n) is 5.20. The van der Waals surface area contributed by atoms with Crippen molar-refractivity contribution >= 4 is 24.2 Å². The van der Waals surface area contributed by atoms with E-state index in [0.717, 1.165) is 6.42 Å². The Kier molecular flexibility index (Phi) is 7.84. The van der Waals surface area contributed by atoms with Gasteiger partial charge < -0.3 is 5.73 Å². The summed E-state index contributed by atoms with van der Waals surface area (Å²) >= 11 is 1.97. The van der Waals surface area contributed by atoms with Crippen molar-refractivity contribution in [2.45, 2.75) is 48.9 Å². The van der Waals surface area contributed by atoms with Crippen LogP contribution in [0, 0.1) is 0 Å². The van der Waals surface area contributed by atoms with Gasteiger partial charge in [0.1, 0.15) is 0 Å². The minimum atomic E-state index is 0. The molecule has 2 nitrogen and oxygen atoms in total. The Bertz CT molecular complexity index is 339. The fraction of sp³-hybridized carbons (Fsp3) is 0.600. The molecular formula is C15H25ClN2S. The van der Waals surface area contributed by atoms with Crippen molar-refractivity contribution in [2.24, 2.45) is 5.73 Å². The number of nitrogens with two attached hydrogens (primary N) is 1. The predicted octanol–water partition coefficient (Wildman–Crippen LogP) is 3.75. The summed E-state index contributed by atoms with van der Waals surface area (Å²) in [5, 5.41) is 0.535. The summed E-state index contributed by atoms with van der Waals surface area (Å²) in [6.45, 7) is 4.58. The maximum Gasteiger partial charge on any atom is 0.0619 e. The molecule has 0 aliphatic carbocycles. The number of hydrogen-bond acceptors (Lipinski definition) is 3. The molecule has 0 bridgehead atoms. The van der Waals surface area contributed by atoms with Gasteiger partial charge in [-0.2, -0.15) is 0 Å². The van der Waals surface area contributed by atoms with Gasteiger partial charge in [0.15, 0.2) is 0 Å². The maximum atomic E-state index is 6.01. The molecule has 1 aliphatic heterocycles. The average Bonchev–Trinajstić information content (AvgIpc) is 2.40. The average molecular weight is 301 g/mol. The molecule has 0 spiro atoms. The molecule has 1 saturated heterocycles. The van der Waals surface area contributed by atoms with Crippen molar-refractivity contribution in [2.75, 3.05) is 13.1 Å². The van der Waals surface area contributed by atoms with Gasteiger partial charge in [0.2, 0.25) is 0 Å². The van der Waals surface area contributed by atoms with Crippen molar-refractivity contribution in [3.8, 4) is 0 Å². The highest BCUT2D eigenvalue weighted by Gasteiger charge is 2.22. The zero-order valence-electron chi connectivity index (χ0n) is 11.6. The molecule has 2 atom stereocenters. The Hall–Kier alpha value is -0.220. The highest BCUT2D eigenvalue weighted by Crippen LogP contribution is 2.30. The van der Waals surface area contributed by atoms with E-state index in [0.29, 0.717) is 5.37 Å². The smallest absolute Gasteiger partial charge is 0.0619 e. The fourth-order valence-corrected chi connectivity index (χ4v) is 3.84. The summed E-state index contributed by atoms with van der Waals surface area (Å²) in [5.41, 5.74) is 6.01. The van der Waals surface area contributed by atoms with Crippen molar-refractivity contribution in [1.29, 1.82) is 0 Å². The molecular weight excluding hydrogens is 276 g/mol. The number of benzene rings is 1. The van der Waals surface area contributed by atoms with E-state index in [1.807, 2.05) is 11.8 Å². The van der Waals surface area contributed by atoms with Crippen molar-refractivity contribution in [3.63, 3.8) is 0 Å². The van der Waals surface area contributed by atoms with E-state index in [1.165, 1.54) is 37.2 Å². The SMILES string of the molecule is CC(N)CC(Sc1ccccc1)N1CCCCC1.Cl. The highest BCUT2D eigenvalue weighted by atomic mass is 35.5. The zero-order chi connectivity index (χ0) is 12.8. The molecule has 108 valence electrons. The molecule has 1 aromatic rings. The minimum absolute atomic E-state index is 0. The van der Waals surface area contributed by atoms with Gasteiger partial charge in [0, 0.05) is 10.9 Å². The summed E-state index contributed by atoms with van der Waals surface area (Å²) in [6.07, 6.45) is 5.13. The minimum Gasteiger partial charge on any atom is -0.328 e. The Morgan fingerprint density at radius 3 is 2.37 bits per heavy atom. The molecule has 1 heterocycles. The summed E-state index contributed by atoms with van der Waals surface area (Å²) in [6, 6.07) is 11.0. The standard InChI is InChI=1S/C15H24N2S.ClH/c1-13(16)12-15(17-10-6-3-7-11-17)18-14-8-4-2-5-9-14;/h2,4-5,8-9,13,15H,3,6-7,10-12,16H2,1H3;1H. The van der Waals surface area contributed by atoms with Crippen LogP contribution in [-0.2, 0) is 0 Å². The van der Waals surface area contributed by atoms with Crippen LogP contribution in [0.2, 0.25) is 0 Å². The lowest BCUT2D eigenvalue weighted by Crippen LogP contribution is -2.40. The van der Waals surface area contributed by atoms with Crippen LogP contribution in [0.3, 0.4) is 0 Å².